The van der Waals surface area contributed by atoms with Crippen molar-refractivity contribution in [1.82, 2.24) is 14.9 Å². The number of thiophene rings is 1. The van der Waals surface area contributed by atoms with Crippen LogP contribution in [0.3, 0.4) is 0 Å². The van der Waals surface area contributed by atoms with Gasteiger partial charge in [-0.05, 0) is 17.9 Å². The fourth-order valence-corrected chi connectivity index (χ4v) is 3.24. The highest BCUT2D eigenvalue weighted by Gasteiger charge is 2.20. The SMILES string of the molecule is O=c1[nH]c(-c2cccs2)nc2c1CCN(CCCl)C2. The summed E-state index contributed by atoms with van der Waals surface area (Å²) in [6, 6.07) is 3.92. The minimum Gasteiger partial charge on any atom is -0.306 e. The predicted octanol–water partition coefficient (Wildman–Crippen LogP) is 2.10. The van der Waals surface area contributed by atoms with Gasteiger partial charge in [0.25, 0.3) is 5.56 Å². The molecule has 6 heteroatoms. The van der Waals surface area contributed by atoms with Crippen LogP contribution in [-0.2, 0) is 13.0 Å². The second-order valence-corrected chi connectivity index (χ2v) is 5.86. The van der Waals surface area contributed by atoms with E-state index in [0.29, 0.717) is 18.2 Å². The van der Waals surface area contributed by atoms with Gasteiger partial charge in [-0.3, -0.25) is 9.69 Å². The first-order valence-corrected chi connectivity index (χ1v) is 7.63. The lowest BCUT2D eigenvalue weighted by Gasteiger charge is -2.26. The first-order valence-electron chi connectivity index (χ1n) is 6.22. The highest BCUT2D eigenvalue weighted by atomic mass is 35.5. The van der Waals surface area contributed by atoms with Crippen LogP contribution in [0.2, 0.25) is 0 Å². The highest BCUT2D eigenvalue weighted by Crippen LogP contribution is 2.22. The lowest BCUT2D eigenvalue weighted by Crippen LogP contribution is -2.36. The molecule has 0 aromatic carbocycles. The number of H-pyrrole nitrogens is 1. The van der Waals surface area contributed by atoms with Crippen molar-refractivity contribution in [2.45, 2.75) is 13.0 Å². The number of hydrogen-bond acceptors (Lipinski definition) is 4. The van der Waals surface area contributed by atoms with Crippen LogP contribution in [0.25, 0.3) is 10.7 Å². The van der Waals surface area contributed by atoms with Crippen LogP contribution in [0.1, 0.15) is 11.3 Å². The molecule has 0 unspecified atom stereocenters. The van der Waals surface area contributed by atoms with Crippen molar-refractivity contribution in [3.05, 3.63) is 39.1 Å². The first-order chi connectivity index (χ1) is 9.28. The van der Waals surface area contributed by atoms with Gasteiger partial charge in [0, 0.05) is 31.1 Å². The molecular formula is C13H14ClN3OS. The zero-order chi connectivity index (χ0) is 13.2. The van der Waals surface area contributed by atoms with E-state index in [2.05, 4.69) is 14.9 Å². The Bertz CT molecular complexity index is 623. The van der Waals surface area contributed by atoms with Crippen molar-refractivity contribution >= 4 is 22.9 Å². The van der Waals surface area contributed by atoms with E-state index in [-0.39, 0.29) is 5.56 Å². The third kappa shape index (κ3) is 2.59. The molecule has 0 saturated heterocycles. The van der Waals surface area contributed by atoms with Crippen LogP contribution in [0.5, 0.6) is 0 Å². The topological polar surface area (TPSA) is 49.0 Å². The number of aromatic nitrogens is 2. The van der Waals surface area contributed by atoms with Crippen LogP contribution in [0.4, 0.5) is 0 Å². The molecule has 4 nitrogen and oxygen atoms in total. The molecule has 100 valence electrons. The fraction of sp³-hybridized carbons (Fsp3) is 0.385. The molecule has 2 aromatic heterocycles. The van der Waals surface area contributed by atoms with E-state index in [1.807, 2.05) is 17.5 Å². The van der Waals surface area contributed by atoms with Gasteiger partial charge in [0.2, 0.25) is 0 Å². The van der Waals surface area contributed by atoms with Gasteiger partial charge in [-0.25, -0.2) is 4.98 Å². The summed E-state index contributed by atoms with van der Waals surface area (Å²) in [7, 11) is 0. The summed E-state index contributed by atoms with van der Waals surface area (Å²) in [5.41, 5.74) is 1.72. The monoisotopic (exact) mass is 295 g/mol. The molecule has 0 bridgehead atoms. The molecule has 0 saturated carbocycles. The molecule has 1 aliphatic rings. The maximum Gasteiger partial charge on any atom is 0.254 e. The number of halogens is 1. The van der Waals surface area contributed by atoms with Crippen molar-refractivity contribution < 1.29 is 0 Å². The Morgan fingerprint density at radius 2 is 2.42 bits per heavy atom. The van der Waals surface area contributed by atoms with Crippen molar-refractivity contribution in [2.75, 3.05) is 19.0 Å². The Balaban J connectivity index is 1.98. The number of rotatable bonds is 3. The summed E-state index contributed by atoms with van der Waals surface area (Å²) in [4.78, 5) is 22.8. The molecule has 1 aliphatic heterocycles. The molecule has 0 atom stereocenters. The van der Waals surface area contributed by atoms with Crippen molar-refractivity contribution in [3.8, 4) is 10.7 Å². The van der Waals surface area contributed by atoms with E-state index in [9.17, 15) is 4.79 Å². The lowest BCUT2D eigenvalue weighted by molar-refractivity contribution is 0.264. The predicted molar refractivity (Wildman–Crippen MR) is 77.9 cm³/mol. The van der Waals surface area contributed by atoms with Crippen LogP contribution in [0.15, 0.2) is 22.3 Å². The zero-order valence-corrected chi connectivity index (χ0v) is 11.9. The Morgan fingerprint density at radius 3 is 3.16 bits per heavy atom. The standard InChI is InChI=1S/C13H14ClN3OS/c14-4-6-17-5-3-9-10(8-17)15-12(16-13(9)18)11-2-1-7-19-11/h1-2,7H,3-6,8H2,(H,15,16,18). The van der Waals surface area contributed by atoms with Crippen LogP contribution >= 0.6 is 22.9 Å². The molecule has 0 amide bonds. The van der Waals surface area contributed by atoms with Crippen molar-refractivity contribution in [1.29, 1.82) is 0 Å². The maximum absolute atomic E-state index is 12.1. The van der Waals surface area contributed by atoms with Gasteiger partial charge in [0.15, 0.2) is 5.82 Å². The van der Waals surface area contributed by atoms with Gasteiger partial charge in [-0.1, -0.05) is 6.07 Å². The lowest BCUT2D eigenvalue weighted by atomic mass is 10.1. The number of alkyl halides is 1. The third-order valence-corrected chi connectivity index (χ3v) is 4.35. The fourth-order valence-electron chi connectivity index (χ4n) is 2.33. The minimum absolute atomic E-state index is 0.000997. The quantitative estimate of drug-likeness (QED) is 0.882. The molecule has 0 radical (unpaired) electrons. The Labute approximate surface area is 120 Å². The van der Waals surface area contributed by atoms with Gasteiger partial charge >= 0.3 is 0 Å². The average Bonchev–Trinajstić information content (AvgIpc) is 2.92. The number of aromatic amines is 1. The average molecular weight is 296 g/mol. The molecule has 3 heterocycles. The van der Waals surface area contributed by atoms with Crippen molar-refractivity contribution in [3.63, 3.8) is 0 Å². The van der Waals surface area contributed by atoms with Gasteiger partial charge < -0.3 is 4.98 Å². The van der Waals surface area contributed by atoms with E-state index in [1.54, 1.807) is 11.3 Å². The van der Waals surface area contributed by atoms with Gasteiger partial charge in [-0.15, -0.1) is 22.9 Å². The van der Waals surface area contributed by atoms with Crippen LogP contribution in [0, 0.1) is 0 Å². The van der Waals surface area contributed by atoms with Gasteiger partial charge in [-0.2, -0.15) is 0 Å². The zero-order valence-electron chi connectivity index (χ0n) is 10.4. The molecule has 0 spiro atoms. The Hall–Kier alpha value is -1.17. The molecule has 19 heavy (non-hydrogen) atoms. The number of fused-ring (bicyclic) bond motifs is 1. The number of nitrogens with one attached hydrogen (secondary N) is 1. The normalized spacial score (nSPS) is 15.4. The molecular weight excluding hydrogens is 282 g/mol. The van der Waals surface area contributed by atoms with Gasteiger partial charge in [0.1, 0.15) is 0 Å². The van der Waals surface area contributed by atoms with E-state index < -0.39 is 0 Å². The largest absolute Gasteiger partial charge is 0.306 e. The summed E-state index contributed by atoms with van der Waals surface area (Å²) in [5, 5.41) is 1.98. The molecule has 3 rings (SSSR count). The molecule has 1 N–H and O–H groups in total. The van der Waals surface area contributed by atoms with Crippen LogP contribution in [-0.4, -0.2) is 33.8 Å². The van der Waals surface area contributed by atoms with E-state index in [1.165, 1.54) is 0 Å². The molecule has 2 aromatic rings. The summed E-state index contributed by atoms with van der Waals surface area (Å²) >= 11 is 7.36. The summed E-state index contributed by atoms with van der Waals surface area (Å²) in [6.07, 6.45) is 0.749. The third-order valence-electron chi connectivity index (χ3n) is 3.31. The molecule has 0 fully saturated rings. The number of hydrogen-bond donors (Lipinski definition) is 1. The Morgan fingerprint density at radius 1 is 1.53 bits per heavy atom. The summed E-state index contributed by atoms with van der Waals surface area (Å²) in [5.74, 6) is 1.28. The maximum atomic E-state index is 12.1. The van der Waals surface area contributed by atoms with Crippen molar-refractivity contribution in [2.24, 2.45) is 0 Å². The number of nitrogens with zero attached hydrogens (tertiary/aromatic N) is 2. The molecule has 0 aliphatic carbocycles. The van der Waals surface area contributed by atoms with E-state index >= 15 is 0 Å². The van der Waals surface area contributed by atoms with E-state index in [4.69, 9.17) is 11.6 Å². The Kier molecular flexibility index (Phi) is 3.68. The smallest absolute Gasteiger partial charge is 0.254 e. The second kappa shape index (κ2) is 5.45. The highest BCUT2D eigenvalue weighted by molar-refractivity contribution is 7.13. The van der Waals surface area contributed by atoms with Gasteiger partial charge in [0.05, 0.1) is 10.6 Å². The summed E-state index contributed by atoms with van der Waals surface area (Å²) < 4.78 is 0. The second-order valence-electron chi connectivity index (χ2n) is 4.53. The van der Waals surface area contributed by atoms with E-state index in [0.717, 1.165) is 35.6 Å². The van der Waals surface area contributed by atoms with Crippen LogP contribution < -0.4 is 5.56 Å². The first kappa shape index (κ1) is 12.8. The minimum atomic E-state index is -0.000997. The summed E-state index contributed by atoms with van der Waals surface area (Å²) in [6.45, 7) is 2.43.